The van der Waals surface area contributed by atoms with Crippen molar-refractivity contribution in [1.29, 1.82) is 0 Å². The molecule has 0 amide bonds. The first-order valence-electron chi connectivity index (χ1n) is 6.97. The van der Waals surface area contributed by atoms with Crippen molar-refractivity contribution >= 4 is 11.6 Å². The van der Waals surface area contributed by atoms with Crippen molar-refractivity contribution in [3.63, 3.8) is 0 Å². The third kappa shape index (κ3) is 3.07. The zero-order valence-electron chi connectivity index (χ0n) is 12.6. The van der Waals surface area contributed by atoms with Crippen molar-refractivity contribution < 1.29 is 0 Å². The van der Waals surface area contributed by atoms with Gasteiger partial charge in [-0.2, -0.15) is 5.10 Å². The van der Waals surface area contributed by atoms with Gasteiger partial charge in [-0.15, -0.1) is 0 Å². The first kappa shape index (κ1) is 14.3. The molecule has 20 heavy (non-hydrogen) atoms. The molecule has 0 radical (unpaired) electrons. The van der Waals surface area contributed by atoms with E-state index in [1.807, 2.05) is 24.7 Å². The second-order valence-corrected chi connectivity index (χ2v) is 4.65. The fraction of sp³-hybridized carbons (Fsp3) is 0.500. The number of hydrogen-bond donors (Lipinski definition) is 2. The number of rotatable bonds is 6. The van der Waals surface area contributed by atoms with Crippen LogP contribution in [-0.4, -0.2) is 26.3 Å². The van der Waals surface area contributed by atoms with Crippen LogP contribution in [0.15, 0.2) is 12.3 Å². The van der Waals surface area contributed by atoms with Crippen LogP contribution in [0.5, 0.6) is 0 Å². The van der Waals surface area contributed by atoms with Crippen LogP contribution in [0.4, 0.5) is 11.6 Å². The number of nitrogens with zero attached hydrogens (tertiary/aromatic N) is 4. The highest BCUT2D eigenvalue weighted by atomic mass is 15.3. The Bertz CT molecular complexity index is 575. The summed E-state index contributed by atoms with van der Waals surface area (Å²) in [5.41, 5.74) is 2.16. The van der Waals surface area contributed by atoms with Crippen molar-refractivity contribution in [2.24, 2.45) is 7.05 Å². The fourth-order valence-corrected chi connectivity index (χ4v) is 1.98. The number of aromatic nitrogens is 4. The predicted octanol–water partition coefficient (Wildman–Crippen LogP) is 2.12. The molecule has 2 aromatic heterocycles. The molecule has 6 nitrogen and oxygen atoms in total. The van der Waals surface area contributed by atoms with Gasteiger partial charge in [-0.05, 0) is 19.9 Å². The van der Waals surface area contributed by atoms with E-state index in [0.717, 1.165) is 41.7 Å². The summed E-state index contributed by atoms with van der Waals surface area (Å²) in [6.07, 6.45) is 2.62. The van der Waals surface area contributed by atoms with Gasteiger partial charge in [-0.25, -0.2) is 9.97 Å². The standard InChI is InChI=1S/C14H22N6/c1-5-12-18-13(15-6-2)10(3)14(19-12)16-9-11-7-8-17-20(11)4/h7-8H,5-6,9H2,1-4H3,(H2,15,16,18,19). The topological polar surface area (TPSA) is 67.7 Å². The third-order valence-corrected chi connectivity index (χ3v) is 3.21. The summed E-state index contributed by atoms with van der Waals surface area (Å²) in [5, 5.41) is 10.8. The van der Waals surface area contributed by atoms with E-state index in [9.17, 15) is 0 Å². The Morgan fingerprint density at radius 1 is 1.15 bits per heavy atom. The maximum atomic E-state index is 4.57. The van der Waals surface area contributed by atoms with Crippen molar-refractivity contribution in [1.82, 2.24) is 19.7 Å². The van der Waals surface area contributed by atoms with Crippen LogP contribution in [0.25, 0.3) is 0 Å². The van der Waals surface area contributed by atoms with Gasteiger partial charge in [-0.3, -0.25) is 4.68 Å². The molecule has 0 aromatic carbocycles. The summed E-state index contributed by atoms with van der Waals surface area (Å²) in [7, 11) is 1.94. The number of nitrogens with one attached hydrogen (secondary N) is 2. The fourth-order valence-electron chi connectivity index (χ4n) is 1.98. The van der Waals surface area contributed by atoms with Gasteiger partial charge in [0.25, 0.3) is 0 Å². The van der Waals surface area contributed by atoms with Crippen LogP contribution in [0.3, 0.4) is 0 Å². The second-order valence-electron chi connectivity index (χ2n) is 4.65. The quantitative estimate of drug-likeness (QED) is 0.844. The zero-order chi connectivity index (χ0) is 14.5. The average molecular weight is 274 g/mol. The molecular formula is C14H22N6. The van der Waals surface area contributed by atoms with Gasteiger partial charge in [0.05, 0.1) is 12.2 Å². The molecule has 2 N–H and O–H groups in total. The van der Waals surface area contributed by atoms with E-state index in [1.165, 1.54) is 0 Å². The molecule has 0 spiro atoms. The van der Waals surface area contributed by atoms with Crippen molar-refractivity contribution in [2.45, 2.75) is 33.7 Å². The minimum atomic E-state index is 0.697. The highest BCUT2D eigenvalue weighted by Crippen LogP contribution is 2.20. The smallest absolute Gasteiger partial charge is 0.135 e. The first-order valence-corrected chi connectivity index (χ1v) is 6.97. The molecule has 108 valence electrons. The minimum absolute atomic E-state index is 0.697. The van der Waals surface area contributed by atoms with Gasteiger partial charge in [0.2, 0.25) is 0 Å². The highest BCUT2D eigenvalue weighted by Gasteiger charge is 2.10. The van der Waals surface area contributed by atoms with E-state index in [4.69, 9.17) is 0 Å². The molecule has 0 unspecified atom stereocenters. The summed E-state index contributed by atoms with van der Waals surface area (Å²) in [6, 6.07) is 2.00. The Balaban J connectivity index is 2.21. The maximum absolute atomic E-state index is 4.57. The van der Waals surface area contributed by atoms with Crippen LogP contribution in [0.2, 0.25) is 0 Å². The van der Waals surface area contributed by atoms with Crippen LogP contribution in [0.1, 0.15) is 30.9 Å². The molecule has 2 aromatic rings. The maximum Gasteiger partial charge on any atom is 0.135 e. The van der Waals surface area contributed by atoms with Crippen molar-refractivity contribution in [3.05, 3.63) is 29.3 Å². The molecule has 0 saturated heterocycles. The predicted molar refractivity (Wildman–Crippen MR) is 80.8 cm³/mol. The summed E-state index contributed by atoms with van der Waals surface area (Å²) in [5.74, 6) is 2.64. The molecule has 0 atom stereocenters. The lowest BCUT2D eigenvalue weighted by molar-refractivity contribution is 0.719. The Morgan fingerprint density at radius 3 is 2.40 bits per heavy atom. The lowest BCUT2D eigenvalue weighted by Crippen LogP contribution is -2.12. The summed E-state index contributed by atoms with van der Waals surface area (Å²) < 4.78 is 1.86. The second kappa shape index (κ2) is 6.36. The normalized spacial score (nSPS) is 10.6. The number of anilines is 2. The molecule has 0 aliphatic carbocycles. The first-order chi connectivity index (χ1) is 9.65. The van der Waals surface area contributed by atoms with Gasteiger partial charge in [0, 0.05) is 31.8 Å². The SMILES string of the molecule is CCNc1nc(CC)nc(NCc2ccnn2C)c1C. The largest absolute Gasteiger partial charge is 0.370 e. The van der Waals surface area contributed by atoms with Crippen LogP contribution in [0, 0.1) is 6.92 Å². The van der Waals surface area contributed by atoms with Gasteiger partial charge in [0.1, 0.15) is 17.5 Å². The van der Waals surface area contributed by atoms with Crippen LogP contribution < -0.4 is 10.6 Å². The van der Waals surface area contributed by atoms with E-state index in [-0.39, 0.29) is 0 Å². The Morgan fingerprint density at radius 2 is 1.85 bits per heavy atom. The summed E-state index contributed by atoms with van der Waals surface area (Å²) >= 11 is 0. The average Bonchev–Trinajstić information content (AvgIpc) is 2.85. The van der Waals surface area contributed by atoms with E-state index >= 15 is 0 Å². The van der Waals surface area contributed by atoms with Crippen LogP contribution >= 0.6 is 0 Å². The van der Waals surface area contributed by atoms with E-state index in [1.54, 1.807) is 6.20 Å². The Kier molecular flexibility index (Phi) is 4.55. The van der Waals surface area contributed by atoms with Crippen LogP contribution in [-0.2, 0) is 20.0 Å². The summed E-state index contributed by atoms with van der Waals surface area (Å²) in [6.45, 7) is 7.70. The number of hydrogen-bond acceptors (Lipinski definition) is 5. The van der Waals surface area contributed by atoms with E-state index in [2.05, 4.69) is 39.5 Å². The minimum Gasteiger partial charge on any atom is -0.370 e. The third-order valence-electron chi connectivity index (χ3n) is 3.21. The Hall–Kier alpha value is -2.11. The molecule has 2 rings (SSSR count). The summed E-state index contributed by atoms with van der Waals surface area (Å²) in [4.78, 5) is 9.09. The zero-order valence-corrected chi connectivity index (χ0v) is 12.6. The highest BCUT2D eigenvalue weighted by molar-refractivity contribution is 5.57. The van der Waals surface area contributed by atoms with Gasteiger partial charge in [0.15, 0.2) is 0 Å². The number of aryl methyl sites for hydroxylation is 2. The van der Waals surface area contributed by atoms with Crippen molar-refractivity contribution in [3.8, 4) is 0 Å². The van der Waals surface area contributed by atoms with Gasteiger partial charge >= 0.3 is 0 Å². The van der Waals surface area contributed by atoms with Crippen molar-refractivity contribution in [2.75, 3.05) is 17.2 Å². The molecule has 6 heteroatoms. The molecule has 0 fully saturated rings. The molecule has 0 aliphatic rings. The molecule has 0 aliphatic heterocycles. The van der Waals surface area contributed by atoms with E-state index < -0.39 is 0 Å². The molecular weight excluding hydrogens is 252 g/mol. The molecule has 0 bridgehead atoms. The Labute approximate surface area is 119 Å². The van der Waals surface area contributed by atoms with Gasteiger partial charge in [-0.1, -0.05) is 6.92 Å². The lowest BCUT2D eigenvalue weighted by atomic mass is 10.2. The van der Waals surface area contributed by atoms with E-state index in [0.29, 0.717) is 6.54 Å². The monoisotopic (exact) mass is 274 g/mol. The lowest BCUT2D eigenvalue weighted by Gasteiger charge is -2.14. The molecule has 0 saturated carbocycles. The van der Waals surface area contributed by atoms with Gasteiger partial charge < -0.3 is 10.6 Å². The molecule has 2 heterocycles.